The molecule has 0 unspecified atom stereocenters. The van der Waals surface area contributed by atoms with E-state index in [1.807, 2.05) is 12.1 Å². The number of fused-ring (bicyclic) bond motifs is 3. The van der Waals surface area contributed by atoms with Gasteiger partial charge in [0.25, 0.3) is 17.4 Å². The van der Waals surface area contributed by atoms with Crippen LogP contribution in [0.25, 0.3) is 10.9 Å². The molecule has 0 atom stereocenters. The molecule has 0 radical (unpaired) electrons. The molecule has 1 N–H and O–H groups in total. The summed E-state index contributed by atoms with van der Waals surface area (Å²) in [4.78, 5) is 73.9. The number of benzene rings is 3. The van der Waals surface area contributed by atoms with Crippen LogP contribution >= 0.6 is 0 Å². The van der Waals surface area contributed by atoms with Gasteiger partial charge in [-0.25, -0.2) is 9.88 Å². The molecule has 2 amide bonds. The van der Waals surface area contributed by atoms with E-state index in [1.54, 1.807) is 36.4 Å². The number of para-hydroxylation sites is 1. The smallest absolute Gasteiger partial charge is 0.266 e. The standard InChI is InChI=1S/C30H21N3O5/c34-25-19-13-21-22(30(38)33(29(21)37)17-11-9-16(10-12-17)15-5-1-2-6-15)14-20(19)26(35)24(25)27-31-23-8-4-3-7-18(23)28(36)32-27/h3-4,7-15,24H,1-2,5-6H2,(H,31,32,36). The largest absolute Gasteiger partial charge is 0.309 e. The second-order valence-corrected chi connectivity index (χ2v) is 10.1. The molecule has 2 heterocycles. The Morgan fingerprint density at radius 1 is 0.737 bits per heavy atom. The number of imide groups is 1. The van der Waals surface area contributed by atoms with Crippen LogP contribution in [0, 0.1) is 0 Å². The number of Topliss-reactive ketones (excluding diaryl/α,β-unsaturated/α-hetero) is 2. The van der Waals surface area contributed by atoms with Crippen LogP contribution in [0.15, 0.2) is 65.5 Å². The van der Waals surface area contributed by atoms with E-state index in [0.717, 1.165) is 17.7 Å². The molecule has 3 aliphatic rings. The van der Waals surface area contributed by atoms with Gasteiger partial charge in [-0.15, -0.1) is 0 Å². The van der Waals surface area contributed by atoms with Gasteiger partial charge in [-0.2, -0.15) is 0 Å². The van der Waals surface area contributed by atoms with Crippen LogP contribution in [-0.2, 0) is 0 Å². The summed E-state index contributed by atoms with van der Waals surface area (Å²) in [5.74, 6) is -3.09. The van der Waals surface area contributed by atoms with Gasteiger partial charge >= 0.3 is 0 Å². The molecule has 1 saturated carbocycles. The van der Waals surface area contributed by atoms with Gasteiger partial charge in [0, 0.05) is 11.1 Å². The van der Waals surface area contributed by atoms with E-state index >= 15 is 0 Å². The lowest BCUT2D eigenvalue weighted by atomic mass is 9.97. The summed E-state index contributed by atoms with van der Waals surface area (Å²) in [5.41, 5.74) is 1.82. The molecule has 0 spiro atoms. The van der Waals surface area contributed by atoms with Crippen molar-refractivity contribution in [1.29, 1.82) is 0 Å². The SMILES string of the molecule is O=C1c2cc3c(cc2C(=O)C1c1nc2ccccc2c(=O)[nH]1)C(=O)N(c1ccc(C2CCCC2)cc1)C3=O. The highest BCUT2D eigenvalue weighted by Gasteiger charge is 2.45. The third kappa shape index (κ3) is 3.16. The zero-order valence-electron chi connectivity index (χ0n) is 20.2. The second-order valence-electron chi connectivity index (χ2n) is 10.1. The lowest BCUT2D eigenvalue weighted by Gasteiger charge is -2.16. The first-order valence-electron chi connectivity index (χ1n) is 12.7. The van der Waals surface area contributed by atoms with Crippen LogP contribution in [0.2, 0.25) is 0 Å². The molecule has 3 aromatic carbocycles. The summed E-state index contributed by atoms with van der Waals surface area (Å²) in [6.45, 7) is 0. The first-order valence-corrected chi connectivity index (χ1v) is 12.7. The van der Waals surface area contributed by atoms with Gasteiger partial charge in [-0.05, 0) is 60.7 Å². The number of hydrogen-bond acceptors (Lipinski definition) is 6. The van der Waals surface area contributed by atoms with E-state index < -0.39 is 34.9 Å². The topological polar surface area (TPSA) is 117 Å². The Labute approximate surface area is 216 Å². The quantitative estimate of drug-likeness (QED) is 0.324. The van der Waals surface area contributed by atoms with Crippen molar-refractivity contribution in [2.24, 2.45) is 0 Å². The number of hydrogen-bond donors (Lipinski definition) is 1. The average molecular weight is 504 g/mol. The van der Waals surface area contributed by atoms with E-state index in [0.29, 0.717) is 22.5 Å². The van der Waals surface area contributed by atoms with Crippen molar-refractivity contribution in [3.8, 4) is 0 Å². The molecular formula is C30H21N3O5. The maximum absolute atomic E-state index is 13.4. The third-order valence-electron chi connectivity index (χ3n) is 7.96. The third-order valence-corrected chi connectivity index (χ3v) is 7.96. The monoisotopic (exact) mass is 503 g/mol. The van der Waals surface area contributed by atoms with Gasteiger partial charge < -0.3 is 4.98 Å². The number of ketones is 2. The van der Waals surface area contributed by atoms with Gasteiger partial charge in [0.2, 0.25) is 0 Å². The molecule has 7 rings (SSSR count). The Morgan fingerprint density at radius 2 is 1.34 bits per heavy atom. The predicted molar refractivity (Wildman–Crippen MR) is 139 cm³/mol. The Bertz CT molecular complexity index is 1730. The van der Waals surface area contributed by atoms with Crippen molar-refractivity contribution < 1.29 is 19.2 Å². The van der Waals surface area contributed by atoms with E-state index in [4.69, 9.17) is 0 Å². The number of rotatable bonds is 3. The summed E-state index contributed by atoms with van der Waals surface area (Å²) in [6.07, 6.45) is 4.70. The number of amides is 2. The van der Waals surface area contributed by atoms with E-state index in [2.05, 4.69) is 9.97 Å². The molecule has 8 heteroatoms. The lowest BCUT2D eigenvalue weighted by Crippen LogP contribution is -2.29. The van der Waals surface area contributed by atoms with Crippen molar-refractivity contribution >= 4 is 40.0 Å². The summed E-state index contributed by atoms with van der Waals surface area (Å²) < 4.78 is 0. The van der Waals surface area contributed by atoms with Crippen LogP contribution in [-0.4, -0.2) is 33.3 Å². The van der Waals surface area contributed by atoms with E-state index in [-0.39, 0.29) is 28.1 Å². The van der Waals surface area contributed by atoms with Crippen molar-refractivity contribution in [3.63, 3.8) is 0 Å². The fourth-order valence-corrected chi connectivity index (χ4v) is 6.00. The van der Waals surface area contributed by atoms with Gasteiger partial charge in [0.05, 0.1) is 27.7 Å². The molecule has 0 saturated heterocycles. The number of nitrogens with zero attached hydrogens (tertiary/aromatic N) is 2. The zero-order valence-corrected chi connectivity index (χ0v) is 20.2. The van der Waals surface area contributed by atoms with E-state index in [9.17, 15) is 24.0 Å². The van der Waals surface area contributed by atoms with Gasteiger partial charge in [-0.1, -0.05) is 37.1 Å². The molecular weight excluding hydrogens is 482 g/mol. The van der Waals surface area contributed by atoms with Crippen molar-refractivity contribution in [2.45, 2.75) is 37.5 Å². The number of carbonyl (C=O) groups excluding carboxylic acids is 4. The number of carbonyl (C=O) groups is 4. The van der Waals surface area contributed by atoms with Gasteiger partial charge in [0.15, 0.2) is 11.6 Å². The minimum absolute atomic E-state index is 0.0501. The van der Waals surface area contributed by atoms with Gasteiger partial charge in [0.1, 0.15) is 11.7 Å². The molecule has 1 aliphatic heterocycles. The first kappa shape index (κ1) is 22.5. The minimum atomic E-state index is -1.34. The minimum Gasteiger partial charge on any atom is -0.309 e. The van der Waals surface area contributed by atoms with Crippen molar-refractivity contribution in [1.82, 2.24) is 9.97 Å². The molecule has 0 bridgehead atoms. The van der Waals surface area contributed by atoms with Crippen molar-refractivity contribution in [2.75, 3.05) is 4.90 Å². The Kier molecular flexibility index (Phi) is 4.82. The lowest BCUT2D eigenvalue weighted by molar-refractivity contribution is 0.0882. The summed E-state index contributed by atoms with van der Waals surface area (Å²) >= 11 is 0. The van der Waals surface area contributed by atoms with Crippen molar-refractivity contribution in [3.05, 3.63) is 105 Å². The van der Waals surface area contributed by atoms with Crippen LogP contribution in [0.4, 0.5) is 5.69 Å². The molecule has 1 aromatic heterocycles. The normalized spacial score (nSPS) is 17.6. The highest BCUT2D eigenvalue weighted by Crippen LogP contribution is 2.39. The number of aromatic nitrogens is 2. The Morgan fingerprint density at radius 3 is 1.97 bits per heavy atom. The first-order chi connectivity index (χ1) is 18.4. The summed E-state index contributed by atoms with van der Waals surface area (Å²) in [5, 5.41) is 0.346. The zero-order chi connectivity index (χ0) is 26.1. The number of aromatic amines is 1. The molecule has 38 heavy (non-hydrogen) atoms. The fourth-order valence-electron chi connectivity index (χ4n) is 6.00. The number of H-pyrrole nitrogens is 1. The maximum atomic E-state index is 13.4. The molecule has 186 valence electrons. The highest BCUT2D eigenvalue weighted by molar-refractivity contribution is 6.37. The Hall–Kier alpha value is -4.72. The van der Waals surface area contributed by atoms with Crippen LogP contribution < -0.4 is 10.5 Å². The van der Waals surface area contributed by atoms with Crippen LogP contribution in [0.3, 0.4) is 0 Å². The molecule has 8 nitrogen and oxygen atoms in total. The molecule has 2 aliphatic carbocycles. The second kappa shape index (κ2) is 8.14. The summed E-state index contributed by atoms with van der Waals surface area (Å²) in [7, 11) is 0. The molecule has 4 aromatic rings. The number of nitrogens with one attached hydrogen (secondary N) is 1. The molecule has 1 fully saturated rings. The average Bonchev–Trinajstić information content (AvgIpc) is 3.61. The summed E-state index contributed by atoms with van der Waals surface area (Å²) in [6, 6.07) is 16.8. The van der Waals surface area contributed by atoms with Crippen LogP contribution in [0.1, 0.15) is 90.3 Å². The highest BCUT2D eigenvalue weighted by atomic mass is 16.2. The predicted octanol–water partition coefficient (Wildman–Crippen LogP) is 4.54. The number of anilines is 1. The fraction of sp³-hybridized carbons (Fsp3) is 0.200. The van der Waals surface area contributed by atoms with E-state index in [1.165, 1.54) is 30.5 Å². The maximum Gasteiger partial charge on any atom is 0.266 e. The Balaban J connectivity index is 1.23. The van der Waals surface area contributed by atoms with Crippen LogP contribution in [0.5, 0.6) is 0 Å². The van der Waals surface area contributed by atoms with Gasteiger partial charge in [-0.3, -0.25) is 24.0 Å².